The Morgan fingerprint density at radius 1 is 1.35 bits per heavy atom. The summed E-state index contributed by atoms with van der Waals surface area (Å²) in [5.41, 5.74) is -0.312. The van der Waals surface area contributed by atoms with Gasteiger partial charge in [0.2, 0.25) is 0 Å². The zero-order valence-corrected chi connectivity index (χ0v) is 11.2. The Hall–Kier alpha value is -2.18. The van der Waals surface area contributed by atoms with Crippen molar-refractivity contribution in [1.82, 2.24) is 5.32 Å². The second-order valence-corrected chi connectivity index (χ2v) is 4.49. The standard InChI is InChI=1S/C13H16F2N2O3/c1-7-3-5-9(14)12(11(7)15)17-13(20)16-8(2)4-6-10(18)19/h3,5,8H,4,6H2,1-2H3,(H,18,19)(H2,16,17,20). The fourth-order valence-corrected chi connectivity index (χ4v) is 1.56. The quantitative estimate of drug-likeness (QED) is 0.778. The van der Waals surface area contributed by atoms with Crippen LogP contribution in [0.3, 0.4) is 0 Å². The molecule has 0 saturated carbocycles. The number of rotatable bonds is 5. The molecule has 0 spiro atoms. The van der Waals surface area contributed by atoms with Gasteiger partial charge < -0.3 is 15.7 Å². The molecule has 0 radical (unpaired) electrons. The van der Waals surface area contributed by atoms with Crippen LogP contribution >= 0.6 is 0 Å². The molecule has 0 fully saturated rings. The average Bonchev–Trinajstić information content (AvgIpc) is 2.37. The normalized spacial score (nSPS) is 11.8. The maximum absolute atomic E-state index is 13.7. The fraction of sp³-hybridized carbons (Fsp3) is 0.385. The molecule has 7 heteroatoms. The SMILES string of the molecule is Cc1ccc(F)c(NC(=O)NC(C)CCC(=O)O)c1F. The number of halogens is 2. The second-order valence-electron chi connectivity index (χ2n) is 4.49. The fourth-order valence-electron chi connectivity index (χ4n) is 1.56. The van der Waals surface area contributed by atoms with Crippen molar-refractivity contribution in [2.75, 3.05) is 5.32 Å². The molecule has 0 aliphatic rings. The van der Waals surface area contributed by atoms with Gasteiger partial charge in [0.25, 0.3) is 0 Å². The molecule has 1 atom stereocenters. The molecular formula is C13H16F2N2O3. The average molecular weight is 286 g/mol. The number of nitrogens with one attached hydrogen (secondary N) is 2. The summed E-state index contributed by atoms with van der Waals surface area (Å²) in [6, 6.07) is 1.11. The first kappa shape index (κ1) is 15.9. The number of urea groups is 1. The lowest BCUT2D eigenvalue weighted by Gasteiger charge is -2.14. The molecule has 0 aromatic heterocycles. The van der Waals surface area contributed by atoms with Crippen LogP contribution in [0.1, 0.15) is 25.3 Å². The Balaban J connectivity index is 2.63. The summed E-state index contributed by atoms with van der Waals surface area (Å²) in [7, 11) is 0. The lowest BCUT2D eigenvalue weighted by molar-refractivity contribution is -0.137. The summed E-state index contributed by atoms with van der Waals surface area (Å²) in [4.78, 5) is 22.0. The maximum Gasteiger partial charge on any atom is 0.319 e. The summed E-state index contributed by atoms with van der Waals surface area (Å²) in [5, 5.41) is 13.0. The van der Waals surface area contributed by atoms with E-state index in [4.69, 9.17) is 5.11 Å². The third-order valence-electron chi connectivity index (χ3n) is 2.69. The number of benzene rings is 1. The highest BCUT2D eigenvalue weighted by Crippen LogP contribution is 2.21. The van der Waals surface area contributed by atoms with Crippen molar-refractivity contribution in [3.8, 4) is 0 Å². The molecule has 1 aromatic rings. The van der Waals surface area contributed by atoms with Crippen molar-refractivity contribution >= 4 is 17.7 Å². The zero-order valence-electron chi connectivity index (χ0n) is 11.2. The van der Waals surface area contributed by atoms with E-state index >= 15 is 0 Å². The Labute approximate surface area is 115 Å². The van der Waals surface area contributed by atoms with Gasteiger partial charge in [-0.25, -0.2) is 13.6 Å². The molecule has 1 unspecified atom stereocenters. The van der Waals surface area contributed by atoms with Gasteiger partial charge in [-0.2, -0.15) is 0 Å². The van der Waals surface area contributed by atoms with Gasteiger partial charge in [0.1, 0.15) is 11.5 Å². The molecule has 0 aliphatic heterocycles. The van der Waals surface area contributed by atoms with Gasteiger partial charge in [-0.05, 0) is 31.9 Å². The minimum Gasteiger partial charge on any atom is -0.481 e. The van der Waals surface area contributed by atoms with Crippen LogP contribution in [0.5, 0.6) is 0 Å². The first-order valence-electron chi connectivity index (χ1n) is 6.05. The third-order valence-corrected chi connectivity index (χ3v) is 2.69. The highest BCUT2D eigenvalue weighted by Gasteiger charge is 2.15. The molecule has 0 bridgehead atoms. The molecular weight excluding hydrogens is 270 g/mol. The number of carbonyl (C=O) groups excluding carboxylic acids is 1. The number of aliphatic carboxylic acids is 1. The second kappa shape index (κ2) is 6.83. The molecule has 1 aromatic carbocycles. The van der Waals surface area contributed by atoms with Crippen LogP contribution in [-0.2, 0) is 4.79 Å². The van der Waals surface area contributed by atoms with Crippen molar-refractivity contribution in [3.63, 3.8) is 0 Å². The van der Waals surface area contributed by atoms with Crippen LogP contribution < -0.4 is 10.6 Å². The van der Waals surface area contributed by atoms with E-state index in [0.717, 1.165) is 6.07 Å². The monoisotopic (exact) mass is 286 g/mol. The van der Waals surface area contributed by atoms with Gasteiger partial charge in [0, 0.05) is 12.5 Å². The highest BCUT2D eigenvalue weighted by atomic mass is 19.1. The van der Waals surface area contributed by atoms with Crippen LogP contribution in [0, 0.1) is 18.6 Å². The van der Waals surface area contributed by atoms with Gasteiger partial charge in [-0.1, -0.05) is 6.07 Å². The lowest BCUT2D eigenvalue weighted by Crippen LogP contribution is -2.36. The van der Waals surface area contributed by atoms with Crippen LogP contribution in [0.25, 0.3) is 0 Å². The number of anilines is 1. The Kier molecular flexibility index (Phi) is 5.42. The van der Waals surface area contributed by atoms with E-state index in [1.165, 1.54) is 13.0 Å². The van der Waals surface area contributed by atoms with Crippen molar-refractivity contribution in [2.45, 2.75) is 32.7 Å². The molecule has 0 saturated heterocycles. The molecule has 1 rings (SSSR count). The van der Waals surface area contributed by atoms with Crippen molar-refractivity contribution in [3.05, 3.63) is 29.3 Å². The maximum atomic E-state index is 13.7. The number of carbonyl (C=O) groups is 2. The van der Waals surface area contributed by atoms with E-state index in [2.05, 4.69) is 10.6 Å². The first-order chi connectivity index (χ1) is 9.31. The number of amides is 2. The topological polar surface area (TPSA) is 78.4 Å². The summed E-state index contributed by atoms with van der Waals surface area (Å²) < 4.78 is 27.1. The van der Waals surface area contributed by atoms with E-state index in [-0.39, 0.29) is 18.4 Å². The van der Waals surface area contributed by atoms with Crippen LogP contribution in [-0.4, -0.2) is 23.1 Å². The summed E-state index contributed by atoms with van der Waals surface area (Å²) in [6.07, 6.45) is 0.121. The first-order valence-corrected chi connectivity index (χ1v) is 6.05. The summed E-state index contributed by atoms with van der Waals surface area (Å²) in [5.74, 6) is -2.69. The number of hydrogen-bond acceptors (Lipinski definition) is 2. The molecule has 0 aliphatic carbocycles. The summed E-state index contributed by atoms with van der Waals surface area (Å²) in [6.45, 7) is 3.05. The number of hydrogen-bond donors (Lipinski definition) is 3. The van der Waals surface area contributed by atoms with E-state index in [9.17, 15) is 18.4 Å². The minimum atomic E-state index is -0.977. The van der Waals surface area contributed by atoms with Crippen molar-refractivity contribution in [2.24, 2.45) is 0 Å². The van der Waals surface area contributed by atoms with E-state index in [1.807, 2.05) is 0 Å². The predicted molar refractivity (Wildman–Crippen MR) is 69.6 cm³/mol. The summed E-state index contributed by atoms with van der Waals surface area (Å²) >= 11 is 0. The smallest absolute Gasteiger partial charge is 0.319 e. The lowest BCUT2D eigenvalue weighted by atomic mass is 10.2. The van der Waals surface area contributed by atoms with Crippen LogP contribution in [0.15, 0.2) is 12.1 Å². The number of aryl methyl sites for hydroxylation is 1. The van der Waals surface area contributed by atoms with Gasteiger partial charge in [0.15, 0.2) is 5.82 Å². The Morgan fingerprint density at radius 3 is 2.60 bits per heavy atom. The minimum absolute atomic E-state index is 0.103. The van der Waals surface area contributed by atoms with Gasteiger partial charge in [-0.15, -0.1) is 0 Å². The highest BCUT2D eigenvalue weighted by molar-refractivity contribution is 5.89. The zero-order chi connectivity index (χ0) is 15.3. The molecule has 5 nitrogen and oxygen atoms in total. The van der Waals surface area contributed by atoms with E-state index < -0.39 is 35.4 Å². The van der Waals surface area contributed by atoms with Gasteiger partial charge in [-0.3, -0.25) is 4.79 Å². The van der Waals surface area contributed by atoms with Gasteiger partial charge in [0.05, 0.1) is 0 Å². The molecule has 20 heavy (non-hydrogen) atoms. The Morgan fingerprint density at radius 2 is 2.00 bits per heavy atom. The predicted octanol–water partition coefficient (Wildman–Crippen LogP) is 2.65. The molecule has 0 heterocycles. The molecule has 3 N–H and O–H groups in total. The number of carboxylic acid groups (broad SMARTS) is 1. The van der Waals surface area contributed by atoms with Crippen molar-refractivity contribution < 1.29 is 23.5 Å². The molecule has 2 amide bonds. The van der Waals surface area contributed by atoms with Crippen molar-refractivity contribution in [1.29, 1.82) is 0 Å². The van der Waals surface area contributed by atoms with Gasteiger partial charge >= 0.3 is 12.0 Å². The largest absolute Gasteiger partial charge is 0.481 e. The van der Waals surface area contributed by atoms with Crippen LogP contribution in [0.2, 0.25) is 0 Å². The number of carboxylic acids is 1. The van der Waals surface area contributed by atoms with E-state index in [0.29, 0.717) is 0 Å². The Bertz CT molecular complexity index is 521. The van der Waals surface area contributed by atoms with Crippen LogP contribution in [0.4, 0.5) is 19.3 Å². The molecule has 110 valence electrons. The van der Waals surface area contributed by atoms with E-state index in [1.54, 1.807) is 6.92 Å². The third kappa shape index (κ3) is 4.49.